The maximum absolute atomic E-state index is 12.4. The summed E-state index contributed by atoms with van der Waals surface area (Å²) >= 11 is 0. The van der Waals surface area contributed by atoms with Crippen molar-refractivity contribution in [3.05, 3.63) is 71.4 Å². The lowest BCUT2D eigenvalue weighted by Crippen LogP contribution is -2.13. The fraction of sp³-hybridized carbons (Fsp3) is 0.0500. The predicted molar refractivity (Wildman–Crippen MR) is 102 cm³/mol. The SMILES string of the molecule is Cc1nc(-c2ccc(C(=O)Nc3ccccc3N)cc2)c(C#N)cc1N. The molecule has 2 aromatic carbocycles. The number of anilines is 3. The molecule has 0 saturated carbocycles. The van der Waals surface area contributed by atoms with Gasteiger partial charge in [0.05, 0.1) is 34.0 Å². The highest BCUT2D eigenvalue weighted by molar-refractivity contribution is 6.05. The van der Waals surface area contributed by atoms with Gasteiger partial charge in [-0.1, -0.05) is 24.3 Å². The topological polar surface area (TPSA) is 118 Å². The summed E-state index contributed by atoms with van der Waals surface area (Å²) in [4.78, 5) is 16.8. The Labute approximate surface area is 151 Å². The molecule has 5 N–H and O–H groups in total. The van der Waals surface area contributed by atoms with Crippen molar-refractivity contribution in [2.45, 2.75) is 6.92 Å². The molecule has 0 fully saturated rings. The Balaban J connectivity index is 1.88. The van der Waals surface area contributed by atoms with Crippen molar-refractivity contribution in [3.63, 3.8) is 0 Å². The van der Waals surface area contributed by atoms with Crippen LogP contribution in [0.25, 0.3) is 11.3 Å². The van der Waals surface area contributed by atoms with Crippen molar-refractivity contribution >= 4 is 23.0 Å². The zero-order valence-corrected chi connectivity index (χ0v) is 14.2. The number of nitrogens with two attached hydrogens (primary N) is 2. The molecule has 1 amide bonds. The van der Waals surface area contributed by atoms with E-state index in [2.05, 4.69) is 16.4 Å². The maximum Gasteiger partial charge on any atom is 0.255 e. The molecule has 3 rings (SSSR count). The molecule has 0 unspecified atom stereocenters. The number of aromatic nitrogens is 1. The number of aryl methyl sites for hydroxylation is 1. The molecule has 1 heterocycles. The number of benzene rings is 2. The van der Waals surface area contributed by atoms with E-state index in [0.29, 0.717) is 39.6 Å². The molecule has 6 nitrogen and oxygen atoms in total. The Morgan fingerprint density at radius 1 is 1.08 bits per heavy atom. The van der Waals surface area contributed by atoms with E-state index < -0.39 is 0 Å². The van der Waals surface area contributed by atoms with Gasteiger partial charge in [0.1, 0.15) is 6.07 Å². The van der Waals surface area contributed by atoms with Crippen LogP contribution in [0.15, 0.2) is 54.6 Å². The minimum Gasteiger partial charge on any atom is -0.397 e. The van der Waals surface area contributed by atoms with Crippen LogP contribution >= 0.6 is 0 Å². The van der Waals surface area contributed by atoms with Crippen LogP contribution in [-0.4, -0.2) is 10.9 Å². The number of nitrogens with one attached hydrogen (secondary N) is 1. The van der Waals surface area contributed by atoms with Crippen molar-refractivity contribution in [2.75, 3.05) is 16.8 Å². The van der Waals surface area contributed by atoms with E-state index in [-0.39, 0.29) is 5.91 Å². The van der Waals surface area contributed by atoms with Crippen LogP contribution in [0.4, 0.5) is 17.1 Å². The first-order valence-electron chi connectivity index (χ1n) is 7.93. The summed E-state index contributed by atoms with van der Waals surface area (Å²) in [6.45, 7) is 1.78. The number of carbonyl (C=O) groups is 1. The van der Waals surface area contributed by atoms with Crippen molar-refractivity contribution < 1.29 is 4.79 Å². The number of amides is 1. The summed E-state index contributed by atoms with van der Waals surface area (Å²) in [7, 11) is 0. The summed E-state index contributed by atoms with van der Waals surface area (Å²) in [5.74, 6) is -0.267. The highest BCUT2D eigenvalue weighted by Crippen LogP contribution is 2.25. The van der Waals surface area contributed by atoms with E-state index >= 15 is 0 Å². The second-order valence-electron chi connectivity index (χ2n) is 5.79. The summed E-state index contributed by atoms with van der Waals surface area (Å²) < 4.78 is 0. The standard InChI is InChI=1S/C20H17N5O/c1-12-17(23)10-15(11-21)19(24-12)13-6-8-14(9-7-13)20(26)25-18-5-3-2-4-16(18)22/h2-10H,22-23H2,1H3,(H,25,26). The Bertz CT molecular complexity index is 1020. The molecule has 26 heavy (non-hydrogen) atoms. The van der Waals surface area contributed by atoms with Crippen molar-refractivity contribution in [1.82, 2.24) is 4.98 Å². The number of pyridine rings is 1. The van der Waals surface area contributed by atoms with Gasteiger partial charge in [0, 0.05) is 11.1 Å². The maximum atomic E-state index is 12.4. The van der Waals surface area contributed by atoms with Gasteiger partial charge in [-0.15, -0.1) is 0 Å². The zero-order chi connectivity index (χ0) is 18.7. The normalized spacial score (nSPS) is 10.2. The zero-order valence-electron chi connectivity index (χ0n) is 14.2. The lowest BCUT2D eigenvalue weighted by atomic mass is 10.0. The Morgan fingerprint density at radius 2 is 1.77 bits per heavy atom. The van der Waals surface area contributed by atoms with Gasteiger partial charge in [-0.2, -0.15) is 5.26 Å². The van der Waals surface area contributed by atoms with Crippen molar-refractivity contribution in [2.24, 2.45) is 0 Å². The molecular formula is C20H17N5O. The molecule has 0 saturated heterocycles. The molecule has 0 aliphatic carbocycles. The molecule has 1 aromatic heterocycles. The summed E-state index contributed by atoms with van der Waals surface area (Å²) in [5, 5.41) is 12.1. The van der Waals surface area contributed by atoms with Crippen LogP contribution < -0.4 is 16.8 Å². The molecule has 0 aliphatic heterocycles. The second kappa shape index (κ2) is 6.95. The number of hydrogen-bond donors (Lipinski definition) is 3. The lowest BCUT2D eigenvalue weighted by molar-refractivity contribution is 0.102. The molecule has 0 aliphatic rings. The number of hydrogen-bond acceptors (Lipinski definition) is 5. The number of rotatable bonds is 3. The number of nitrogens with zero attached hydrogens (tertiary/aromatic N) is 2. The summed E-state index contributed by atoms with van der Waals surface area (Å²) in [5.41, 5.74) is 16.0. The van der Waals surface area contributed by atoms with Gasteiger partial charge in [0.15, 0.2) is 0 Å². The summed E-state index contributed by atoms with van der Waals surface area (Å²) in [6.07, 6.45) is 0. The Morgan fingerprint density at radius 3 is 2.42 bits per heavy atom. The molecule has 0 bridgehead atoms. The van der Waals surface area contributed by atoms with Crippen LogP contribution in [0.1, 0.15) is 21.6 Å². The first-order valence-corrected chi connectivity index (χ1v) is 7.93. The van der Waals surface area contributed by atoms with Gasteiger partial charge in [0.2, 0.25) is 0 Å². The molecule has 128 valence electrons. The Hall–Kier alpha value is -3.85. The summed E-state index contributed by atoms with van der Waals surface area (Å²) in [6, 6.07) is 17.6. The predicted octanol–water partition coefficient (Wildman–Crippen LogP) is 3.35. The second-order valence-corrected chi connectivity index (χ2v) is 5.79. The minimum atomic E-state index is -0.267. The van der Waals surface area contributed by atoms with E-state index in [1.807, 2.05) is 0 Å². The van der Waals surface area contributed by atoms with Crippen molar-refractivity contribution in [1.29, 1.82) is 5.26 Å². The highest BCUT2D eigenvalue weighted by atomic mass is 16.1. The molecular weight excluding hydrogens is 326 g/mol. The van der Waals surface area contributed by atoms with E-state index in [9.17, 15) is 10.1 Å². The third-order valence-corrected chi connectivity index (χ3v) is 4.00. The van der Waals surface area contributed by atoms with Gasteiger partial charge >= 0.3 is 0 Å². The van der Waals surface area contributed by atoms with Crippen LogP contribution in [-0.2, 0) is 0 Å². The third-order valence-electron chi connectivity index (χ3n) is 4.00. The van der Waals surface area contributed by atoms with Gasteiger partial charge in [-0.3, -0.25) is 4.79 Å². The first-order chi connectivity index (χ1) is 12.5. The smallest absolute Gasteiger partial charge is 0.255 e. The van der Waals surface area contributed by atoms with E-state index in [4.69, 9.17) is 11.5 Å². The van der Waals surface area contributed by atoms with Gasteiger partial charge in [0.25, 0.3) is 5.91 Å². The Kier molecular flexibility index (Phi) is 4.54. The van der Waals surface area contributed by atoms with E-state index in [1.54, 1.807) is 61.5 Å². The van der Waals surface area contributed by atoms with Crippen LogP contribution in [0.5, 0.6) is 0 Å². The molecule has 0 atom stereocenters. The minimum absolute atomic E-state index is 0.267. The van der Waals surface area contributed by atoms with E-state index in [1.165, 1.54) is 0 Å². The number of carbonyl (C=O) groups excluding carboxylic acids is 1. The molecule has 0 spiro atoms. The van der Waals surface area contributed by atoms with Crippen LogP contribution in [0.3, 0.4) is 0 Å². The van der Waals surface area contributed by atoms with Crippen LogP contribution in [0.2, 0.25) is 0 Å². The third kappa shape index (κ3) is 3.32. The van der Waals surface area contributed by atoms with Gasteiger partial charge in [-0.05, 0) is 37.3 Å². The number of para-hydroxylation sites is 2. The molecule has 3 aromatic rings. The van der Waals surface area contributed by atoms with Gasteiger partial charge in [-0.25, -0.2) is 4.98 Å². The largest absolute Gasteiger partial charge is 0.397 e. The van der Waals surface area contributed by atoms with Gasteiger partial charge < -0.3 is 16.8 Å². The quantitative estimate of drug-likeness (QED) is 0.630. The molecule has 0 radical (unpaired) electrons. The average Bonchev–Trinajstić information content (AvgIpc) is 2.65. The lowest BCUT2D eigenvalue weighted by Gasteiger charge is -2.10. The number of nitrogen functional groups attached to an aromatic ring is 2. The van der Waals surface area contributed by atoms with E-state index in [0.717, 1.165) is 5.56 Å². The fourth-order valence-electron chi connectivity index (χ4n) is 2.51. The fourth-order valence-corrected chi connectivity index (χ4v) is 2.51. The molecule has 6 heteroatoms. The first kappa shape index (κ1) is 17.0. The monoisotopic (exact) mass is 343 g/mol. The van der Waals surface area contributed by atoms with Crippen LogP contribution in [0, 0.1) is 18.3 Å². The highest BCUT2D eigenvalue weighted by Gasteiger charge is 2.12. The average molecular weight is 343 g/mol. The number of nitriles is 1. The van der Waals surface area contributed by atoms with Crippen molar-refractivity contribution in [3.8, 4) is 17.3 Å².